The van der Waals surface area contributed by atoms with Crippen molar-refractivity contribution in [1.29, 1.82) is 5.26 Å². The molecule has 8 heteroatoms. The number of nitriles is 1. The highest BCUT2D eigenvalue weighted by Gasteiger charge is 2.32. The van der Waals surface area contributed by atoms with Gasteiger partial charge in [0.1, 0.15) is 28.7 Å². The van der Waals surface area contributed by atoms with Crippen molar-refractivity contribution in [2.45, 2.75) is 26.7 Å². The molecule has 0 amide bonds. The molecule has 0 saturated heterocycles. The number of furan rings is 1. The molecule has 0 aliphatic carbocycles. The number of benzene rings is 3. The molecule has 0 fully saturated rings. The molecule has 0 bridgehead atoms. The van der Waals surface area contributed by atoms with E-state index in [1.807, 2.05) is 39.0 Å². The number of ether oxygens (including phenoxy) is 4. The van der Waals surface area contributed by atoms with Gasteiger partial charge in [0.2, 0.25) is 11.6 Å². The lowest BCUT2D eigenvalue weighted by Crippen LogP contribution is -2.21. The number of hydrogen-bond acceptors (Lipinski definition) is 8. The number of methoxy groups -OCH3 is 2. The quantitative estimate of drug-likeness (QED) is 0.264. The molecule has 1 aliphatic heterocycles. The van der Waals surface area contributed by atoms with E-state index in [-0.39, 0.29) is 23.0 Å². The van der Waals surface area contributed by atoms with Crippen LogP contribution < -0.4 is 24.7 Å². The molecule has 0 saturated carbocycles. The van der Waals surface area contributed by atoms with Crippen LogP contribution in [0.5, 0.6) is 23.0 Å². The summed E-state index contributed by atoms with van der Waals surface area (Å²) in [4.78, 5) is 13.1. The lowest BCUT2D eigenvalue weighted by atomic mass is 9.83. The van der Waals surface area contributed by atoms with Crippen LogP contribution in [0.3, 0.4) is 0 Å². The van der Waals surface area contributed by atoms with Gasteiger partial charge in [-0.15, -0.1) is 0 Å². The normalized spacial score (nSPS) is 14.5. The Kier molecular flexibility index (Phi) is 6.21. The monoisotopic (exact) mass is 510 g/mol. The Morgan fingerprint density at radius 2 is 1.76 bits per heavy atom. The molecule has 1 atom stereocenters. The first-order chi connectivity index (χ1) is 18.2. The number of nitrogens with two attached hydrogens (primary N) is 1. The highest BCUT2D eigenvalue weighted by molar-refractivity contribution is 5.98. The molecule has 0 spiro atoms. The number of carbonyl (C=O) groups is 1. The molecule has 0 radical (unpaired) electrons. The summed E-state index contributed by atoms with van der Waals surface area (Å²) in [5.41, 5.74) is 11.3. The van der Waals surface area contributed by atoms with Gasteiger partial charge in [-0.05, 0) is 61.7 Å². The Bertz CT molecular complexity index is 1670. The van der Waals surface area contributed by atoms with E-state index in [1.165, 1.54) is 0 Å². The van der Waals surface area contributed by atoms with E-state index in [9.17, 15) is 10.1 Å². The Labute approximate surface area is 219 Å². The van der Waals surface area contributed by atoms with Gasteiger partial charge >= 0.3 is 5.97 Å². The second-order valence-corrected chi connectivity index (χ2v) is 9.14. The van der Waals surface area contributed by atoms with Gasteiger partial charge in [-0.3, -0.25) is 0 Å². The van der Waals surface area contributed by atoms with Gasteiger partial charge in [0.05, 0.1) is 20.1 Å². The molecule has 38 heavy (non-hydrogen) atoms. The van der Waals surface area contributed by atoms with Gasteiger partial charge in [0.25, 0.3) is 0 Å². The molecule has 5 rings (SSSR count). The number of hydrogen-bond donors (Lipinski definition) is 1. The van der Waals surface area contributed by atoms with E-state index < -0.39 is 11.9 Å². The van der Waals surface area contributed by atoms with Crippen molar-refractivity contribution in [3.8, 4) is 29.1 Å². The zero-order valence-electron chi connectivity index (χ0n) is 21.7. The highest BCUT2D eigenvalue weighted by Crippen LogP contribution is 2.45. The van der Waals surface area contributed by atoms with Crippen molar-refractivity contribution < 1.29 is 28.2 Å². The highest BCUT2D eigenvalue weighted by atomic mass is 16.5. The van der Waals surface area contributed by atoms with Crippen molar-refractivity contribution in [3.05, 3.63) is 93.6 Å². The topological polar surface area (TPSA) is 117 Å². The summed E-state index contributed by atoms with van der Waals surface area (Å²) in [7, 11) is 3.10. The van der Waals surface area contributed by atoms with Crippen LogP contribution in [0.2, 0.25) is 0 Å². The molecule has 2 heterocycles. The number of aryl methyl sites for hydroxylation is 3. The van der Waals surface area contributed by atoms with E-state index >= 15 is 0 Å². The van der Waals surface area contributed by atoms with Crippen LogP contribution in [0, 0.1) is 32.1 Å². The summed E-state index contributed by atoms with van der Waals surface area (Å²) >= 11 is 0. The van der Waals surface area contributed by atoms with Crippen LogP contribution in [0.15, 0.2) is 64.4 Å². The van der Waals surface area contributed by atoms with E-state index in [1.54, 1.807) is 44.6 Å². The minimum Gasteiger partial charge on any atom is -0.493 e. The fourth-order valence-corrected chi connectivity index (χ4v) is 5.01. The number of fused-ring (bicyclic) bond motifs is 2. The first-order valence-electron chi connectivity index (χ1n) is 11.9. The maximum absolute atomic E-state index is 13.1. The third-order valence-corrected chi connectivity index (χ3v) is 6.70. The van der Waals surface area contributed by atoms with Crippen LogP contribution in [-0.2, 0) is 0 Å². The molecule has 8 nitrogen and oxygen atoms in total. The average molecular weight is 511 g/mol. The summed E-state index contributed by atoms with van der Waals surface area (Å²) in [5.74, 6) is 0.684. The smallest absolute Gasteiger partial charge is 0.379 e. The maximum Gasteiger partial charge on any atom is 0.379 e. The molecular weight excluding hydrogens is 484 g/mol. The predicted octanol–water partition coefficient (Wildman–Crippen LogP) is 5.81. The van der Waals surface area contributed by atoms with Gasteiger partial charge in [-0.2, -0.15) is 5.26 Å². The molecule has 1 aliphatic rings. The third-order valence-electron chi connectivity index (χ3n) is 6.70. The molecular formula is C30H26N2O6. The summed E-state index contributed by atoms with van der Waals surface area (Å²) in [6.07, 6.45) is 0. The van der Waals surface area contributed by atoms with Gasteiger partial charge in [0.15, 0.2) is 11.5 Å². The summed E-state index contributed by atoms with van der Waals surface area (Å²) in [6.45, 7) is 5.79. The van der Waals surface area contributed by atoms with Crippen molar-refractivity contribution in [3.63, 3.8) is 0 Å². The fraction of sp³-hybridized carbons (Fsp3) is 0.200. The first-order valence-corrected chi connectivity index (χ1v) is 11.9. The van der Waals surface area contributed by atoms with E-state index in [0.717, 1.165) is 27.6 Å². The number of carbonyl (C=O) groups excluding carboxylic acids is 1. The van der Waals surface area contributed by atoms with E-state index in [0.29, 0.717) is 28.4 Å². The Morgan fingerprint density at radius 1 is 1.00 bits per heavy atom. The molecule has 3 aromatic carbocycles. The standard InChI is InChI=1S/C30H26N2O6/c1-15-10-16(2)26-17(3)28(37-25(26)11-15)30(33)36-19-7-8-20-23(13-19)38-29(32)21(14-31)27(20)18-6-9-22(34-4)24(12-18)35-5/h6-13,27H,32H2,1-5H3. The van der Waals surface area contributed by atoms with Crippen molar-refractivity contribution in [2.24, 2.45) is 5.73 Å². The zero-order valence-corrected chi connectivity index (χ0v) is 21.7. The van der Waals surface area contributed by atoms with E-state index in [2.05, 4.69) is 6.07 Å². The lowest BCUT2D eigenvalue weighted by molar-refractivity contribution is 0.0702. The van der Waals surface area contributed by atoms with Crippen molar-refractivity contribution >= 4 is 16.9 Å². The van der Waals surface area contributed by atoms with Gasteiger partial charge < -0.3 is 29.1 Å². The number of esters is 1. The van der Waals surface area contributed by atoms with Crippen LogP contribution in [0.4, 0.5) is 0 Å². The largest absolute Gasteiger partial charge is 0.493 e. The van der Waals surface area contributed by atoms with Crippen LogP contribution in [0.25, 0.3) is 11.0 Å². The number of allylic oxidation sites excluding steroid dienone is 1. The second-order valence-electron chi connectivity index (χ2n) is 9.14. The summed E-state index contributed by atoms with van der Waals surface area (Å²) in [6, 6.07) is 16.5. The van der Waals surface area contributed by atoms with E-state index in [4.69, 9.17) is 29.1 Å². The molecule has 2 N–H and O–H groups in total. The first kappa shape index (κ1) is 24.8. The van der Waals surface area contributed by atoms with Gasteiger partial charge in [-0.25, -0.2) is 4.79 Å². The third kappa shape index (κ3) is 4.08. The maximum atomic E-state index is 13.1. The molecule has 4 aromatic rings. The zero-order chi connectivity index (χ0) is 27.1. The summed E-state index contributed by atoms with van der Waals surface area (Å²) < 4.78 is 28.1. The minimum absolute atomic E-state index is 0.0257. The molecule has 1 unspecified atom stereocenters. The summed E-state index contributed by atoms with van der Waals surface area (Å²) in [5, 5.41) is 10.8. The Morgan fingerprint density at radius 3 is 2.47 bits per heavy atom. The number of rotatable bonds is 5. The lowest BCUT2D eigenvalue weighted by Gasteiger charge is -2.27. The predicted molar refractivity (Wildman–Crippen MR) is 141 cm³/mol. The van der Waals surface area contributed by atoms with Gasteiger partial charge in [0, 0.05) is 22.6 Å². The SMILES string of the molecule is COc1ccc(C2C(C#N)=C(N)Oc3cc(OC(=O)c4oc5cc(C)cc(C)c5c4C)ccc32)cc1OC. The van der Waals surface area contributed by atoms with Gasteiger partial charge in [-0.1, -0.05) is 18.2 Å². The average Bonchev–Trinajstić information content (AvgIpc) is 3.23. The van der Waals surface area contributed by atoms with Crippen LogP contribution >= 0.6 is 0 Å². The van der Waals surface area contributed by atoms with Crippen LogP contribution in [-0.4, -0.2) is 20.2 Å². The van der Waals surface area contributed by atoms with Crippen LogP contribution in [0.1, 0.15) is 44.3 Å². The Balaban J connectivity index is 1.51. The number of nitrogens with zero attached hydrogens (tertiary/aromatic N) is 1. The fourth-order valence-electron chi connectivity index (χ4n) is 5.01. The second kappa shape index (κ2) is 9.52. The minimum atomic E-state index is -0.621. The molecule has 192 valence electrons. The van der Waals surface area contributed by atoms with Crippen molar-refractivity contribution in [1.82, 2.24) is 0 Å². The Hall–Kier alpha value is -4.90. The molecule has 1 aromatic heterocycles. The van der Waals surface area contributed by atoms with Crippen molar-refractivity contribution in [2.75, 3.05) is 14.2 Å².